The Kier molecular flexibility index (Phi) is 13.4. The number of carbonyl (C=O) groups is 4. The zero-order valence-electron chi connectivity index (χ0n) is 37.0. The number of halogens is 3. The third-order valence-corrected chi connectivity index (χ3v) is 15.9. The third kappa shape index (κ3) is 9.57. The number of anilines is 1. The molecule has 0 bridgehead atoms. The molecular formula is C45H61F3N4O9S. The van der Waals surface area contributed by atoms with Crippen LogP contribution in [0.5, 0.6) is 11.6 Å². The molecule has 3 heterocycles. The lowest BCUT2D eigenvalue weighted by Crippen LogP contribution is -2.49. The molecule has 342 valence electrons. The maximum Gasteiger partial charge on any atom is 0.307 e. The van der Waals surface area contributed by atoms with Gasteiger partial charge in [0.05, 0.1) is 37.5 Å². The third-order valence-electron chi connectivity index (χ3n) is 13.8. The van der Waals surface area contributed by atoms with Crippen LogP contribution in [-0.4, -0.2) is 104 Å². The number of esters is 1. The van der Waals surface area contributed by atoms with E-state index >= 15 is 4.79 Å². The van der Waals surface area contributed by atoms with Crippen LogP contribution in [0.4, 0.5) is 19.0 Å². The number of hydrogen-bond donors (Lipinski definition) is 1. The molecule has 0 radical (unpaired) electrons. The Morgan fingerprint density at radius 3 is 2.44 bits per heavy atom. The first-order valence-corrected chi connectivity index (χ1v) is 23.1. The number of hydrogen-bond acceptors (Lipinski definition) is 11. The van der Waals surface area contributed by atoms with E-state index in [0.717, 1.165) is 19.2 Å². The predicted molar refractivity (Wildman–Crippen MR) is 227 cm³/mol. The molecule has 1 saturated heterocycles. The highest BCUT2D eigenvalue weighted by molar-refractivity contribution is 7.91. The first-order chi connectivity index (χ1) is 29.0. The molecule has 0 spiro atoms. The summed E-state index contributed by atoms with van der Waals surface area (Å²) in [5.41, 5.74) is -3.65. The van der Waals surface area contributed by atoms with Crippen LogP contribution in [-0.2, 0) is 33.9 Å². The van der Waals surface area contributed by atoms with Crippen LogP contribution in [0.25, 0.3) is 10.8 Å². The van der Waals surface area contributed by atoms with Gasteiger partial charge in [0, 0.05) is 38.7 Å². The molecule has 2 amide bonds. The summed E-state index contributed by atoms with van der Waals surface area (Å²) in [6, 6.07) is 6.11. The second-order valence-corrected chi connectivity index (χ2v) is 20.8. The van der Waals surface area contributed by atoms with E-state index in [1.165, 1.54) is 4.90 Å². The number of nitrogens with one attached hydrogen (secondary N) is 1. The van der Waals surface area contributed by atoms with Crippen LogP contribution in [0.2, 0.25) is 0 Å². The second-order valence-electron chi connectivity index (χ2n) is 18.7. The minimum Gasteiger partial charge on any atom is -0.497 e. The second kappa shape index (κ2) is 17.6. The van der Waals surface area contributed by atoms with E-state index in [4.69, 9.17) is 19.2 Å². The van der Waals surface area contributed by atoms with Crippen molar-refractivity contribution in [1.29, 1.82) is 0 Å². The zero-order valence-corrected chi connectivity index (χ0v) is 37.8. The number of allylic oxidation sites excluding steroid dienone is 2. The summed E-state index contributed by atoms with van der Waals surface area (Å²) in [6.45, 7) is 8.00. The van der Waals surface area contributed by atoms with Gasteiger partial charge in [-0.1, -0.05) is 26.0 Å². The average Bonchev–Trinajstić information content (AvgIpc) is 4.11. The van der Waals surface area contributed by atoms with Gasteiger partial charge in [0.25, 0.3) is 5.92 Å². The monoisotopic (exact) mass is 890 g/mol. The Morgan fingerprint density at radius 2 is 1.81 bits per heavy atom. The summed E-state index contributed by atoms with van der Waals surface area (Å²) in [6.07, 6.45) is 3.97. The van der Waals surface area contributed by atoms with E-state index in [2.05, 4.69) is 4.72 Å². The minimum absolute atomic E-state index is 0.0315. The van der Waals surface area contributed by atoms with Crippen molar-refractivity contribution in [3.05, 3.63) is 36.4 Å². The molecule has 1 N–H and O–H groups in total. The molecular weight excluding hydrogens is 830 g/mol. The first-order valence-electron chi connectivity index (χ1n) is 21.6. The number of fused-ring (bicyclic) bond motifs is 3. The van der Waals surface area contributed by atoms with Crippen molar-refractivity contribution in [2.75, 3.05) is 38.8 Å². The van der Waals surface area contributed by atoms with Crippen molar-refractivity contribution < 1.29 is 55.0 Å². The Morgan fingerprint density at radius 1 is 1.10 bits per heavy atom. The number of pyridine rings is 1. The Labute approximate surface area is 362 Å². The van der Waals surface area contributed by atoms with Crippen molar-refractivity contribution in [2.24, 2.45) is 29.1 Å². The van der Waals surface area contributed by atoms with Gasteiger partial charge in [-0.3, -0.25) is 23.9 Å². The molecule has 1 aromatic heterocycles. The fraction of sp³-hybridized carbons (Fsp3) is 0.667. The van der Waals surface area contributed by atoms with Gasteiger partial charge >= 0.3 is 5.97 Å². The molecule has 6 rings (SSSR count). The van der Waals surface area contributed by atoms with Crippen molar-refractivity contribution in [2.45, 2.75) is 128 Å². The Hall–Kier alpha value is -4.41. The van der Waals surface area contributed by atoms with E-state index < -0.39 is 105 Å². The number of Topliss-reactive ketones (excluding diaryl/α,β-unsaturated/α-hetero) is 1. The zero-order chi connectivity index (χ0) is 45.6. The topological polar surface area (TPSA) is 162 Å². The van der Waals surface area contributed by atoms with Crippen LogP contribution < -0.4 is 19.1 Å². The van der Waals surface area contributed by atoms with Gasteiger partial charge in [-0.2, -0.15) is 4.98 Å². The smallest absolute Gasteiger partial charge is 0.307 e. The normalized spacial score (nSPS) is 28.5. The summed E-state index contributed by atoms with van der Waals surface area (Å²) in [5.74, 6) is -6.92. The molecule has 2 aliphatic carbocycles. The number of sulfonamides is 1. The van der Waals surface area contributed by atoms with Crippen molar-refractivity contribution in [3.8, 4) is 11.6 Å². The number of benzene rings is 1. The molecule has 2 aromatic rings. The highest BCUT2D eigenvalue weighted by Gasteiger charge is 2.63. The van der Waals surface area contributed by atoms with Crippen LogP contribution in [0, 0.1) is 29.1 Å². The minimum atomic E-state index is -4.40. The highest BCUT2D eigenvalue weighted by Crippen LogP contribution is 2.58. The van der Waals surface area contributed by atoms with E-state index in [9.17, 15) is 36.0 Å². The number of aromatic nitrogens is 1. The van der Waals surface area contributed by atoms with Gasteiger partial charge < -0.3 is 24.0 Å². The molecule has 62 heavy (non-hydrogen) atoms. The number of ketones is 1. The van der Waals surface area contributed by atoms with Gasteiger partial charge in [-0.15, -0.1) is 0 Å². The van der Waals surface area contributed by atoms with Gasteiger partial charge in [-0.05, 0) is 107 Å². The van der Waals surface area contributed by atoms with Gasteiger partial charge in [0.2, 0.25) is 27.7 Å². The molecule has 13 nitrogen and oxygen atoms in total. The van der Waals surface area contributed by atoms with E-state index in [0.29, 0.717) is 49.7 Å². The van der Waals surface area contributed by atoms with E-state index in [1.54, 1.807) is 19.2 Å². The fourth-order valence-electron chi connectivity index (χ4n) is 8.76. The molecule has 17 heteroatoms. The van der Waals surface area contributed by atoms with Gasteiger partial charge in [0.15, 0.2) is 11.4 Å². The summed E-state index contributed by atoms with van der Waals surface area (Å²) < 4.78 is 87.4. The predicted octanol–water partition coefficient (Wildman–Crippen LogP) is 6.96. The SMILES string of the molecule is CCN(C)c1cc2cc(OC)ccc2c(O[C@@H]2C[C@H]3C(=O)C[C@]4(C(=O)NS(=O)(=O)C5(CF)CC5)C[C@H]4/C=C\CC[C@@H](C)C[C@@H](C)[C@H](CC(=O)OC(C)(C)C(C)(F)F)C(=O)N3C2)n1. The van der Waals surface area contributed by atoms with Gasteiger partial charge in [0.1, 0.15) is 29.1 Å². The summed E-state index contributed by atoms with van der Waals surface area (Å²) in [7, 11) is -0.975. The number of amides is 2. The lowest BCUT2D eigenvalue weighted by atomic mass is 9.82. The van der Waals surface area contributed by atoms with Crippen molar-refractivity contribution >= 4 is 50.2 Å². The molecule has 2 aliphatic heterocycles. The summed E-state index contributed by atoms with van der Waals surface area (Å²) in [4.78, 5) is 65.6. The number of ether oxygens (including phenoxy) is 3. The number of carbonyl (C=O) groups excluding carboxylic acids is 4. The van der Waals surface area contributed by atoms with E-state index in [-0.39, 0.29) is 44.0 Å². The lowest BCUT2D eigenvalue weighted by molar-refractivity contribution is -0.197. The maximum absolute atomic E-state index is 15.1. The molecule has 4 aliphatic rings. The summed E-state index contributed by atoms with van der Waals surface area (Å²) in [5, 5.41) is 1.41. The maximum atomic E-state index is 15.1. The standard InChI is InChI=1S/C45H61F3N4O9S/c1-9-51(7)37-20-29-19-31(59-8)14-15-33(29)39(49-37)60-32-21-35-36(53)24-45(41(56)50-62(57,58)44(26-46)16-17-44)23-30(45)13-11-10-12-27(2)18-28(3)34(40(55)52(35)25-32)22-38(54)61-42(4,5)43(6,47)48/h11,13-15,19-20,27-28,30,32,34-35H,9-10,12,16-18,21-26H2,1-8H3,(H,50,56)/b13-11-/t27-,28-,30-,32-,34+,35+,45-/m1/s1. The van der Waals surface area contributed by atoms with Crippen molar-refractivity contribution in [3.63, 3.8) is 0 Å². The molecule has 7 atom stereocenters. The first kappa shape index (κ1) is 47.1. The van der Waals surface area contributed by atoms with Crippen molar-refractivity contribution in [1.82, 2.24) is 14.6 Å². The number of nitrogens with zero attached hydrogens (tertiary/aromatic N) is 3. The number of rotatable bonds is 13. The number of alkyl halides is 3. The quantitative estimate of drug-likeness (QED) is 0.164. The fourth-order valence-corrected chi connectivity index (χ4v) is 10.2. The molecule has 2 saturated carbocycles. The summed E-state index contributed by atoms with van der Waals surface area (Å²) >= 11 is 0. The Bertz CT molecular complexity index is 2190. The largest absolute Gasteiger partial charge is 0.497 e. The molecule has 1 aromatic carbocycles. The Balaban J connectivity index is 1.39. The average molecular weight is 891 g/mol. The molecule has 0 unspecified atom stereocenters. The molecule has 3 fully saturated rings. The number of methoxy groups -OCH3 is 1. The lowest BCUT2D eigenvalue weighted by Gasteiger charge is -2.34. The van der Waals surface area contributed by atoms with Crippen LogP contribution in [0.1, 0.15) is 99.3 Å². The van der Waals surface area contributed by atoms with Crippen LogP contribution in [0.3, 0.4) is 0 Å². The van der Waals surface area contributed by atoms with Crippen LogP contribution in [0.15, 0.2) is 36.4 Å². The highest BCUT2D eigenvalue weighted by atomic mass is 32.2. The van der Waals surface area contributed by atoms with Gasteiger partial charge in [-0.25, -0.2) is 21.6 Å². The van der Waals surface area contributed by atoms with Crippen LogP contribution >= 0.6 is 0 Å². The van der Waals surface area contributed by atoms with E-state index in [1.807, 2.05) is 57.0 Å².